The first-order valence-electron chi connectivity index (χ1n) is 6.63. The molecule has 0 aromatic rings. The summed E-state index contributed by atoms with van der Waals surface area (Å²) in [7, 11) is 0. The number of hydrogen-bond acceptors (Lipinski definition) is 3. The Hall–Kier alpha value is -0.860. The Labute approximate surface area is 105 Å². The summed E-state index contributed by atoms with van der Waals surface area (Å²) in [6, 6.07) is 0. The highest BCUT2D eigenvalue weighted by Gasteiger charge is 2.40. The summed E-state index contributed by atoms with van der Waals surface area (Å²) in [5.74, 6) is -0.402. The molecule has 0 aliphatic carbocycles. The van der Waals surface area contributed by atoms with Crippen molar-refractivity contribution in [1.29, 1.82) is 0 Å². The fraction of sp³-hybridized carbons (Fsp3) is 0.857. The second-order valence-electron chi connectivity index (χ2n) is 4.96. The Kier molecular flexibility index (Phi) is 7.09. The van der Waals surface area contributed by atoms with Crippen LogP contribution >= 0.6 is 0 Å². The van der Waals surface area contributed by atoms with Crippen LogP contribution in [-0.2, 0) is 14.3 Å². The van der Waals surface area contributed by atoms with Crippen molar-refractivity contribution in [2.45, 2.75) is 60.3 Å². The van der Waals surface area contributed by atoms with Crippen LogP contribution in [0.15, 0.2) is 0 Å². The van der Waals surface area contributed by atoms with Crippen LogP contribution < -0.4 is 0 Å². The maximum atomic E-state index is 12.3. The van der Waals surface area contributed by atoms with Crippen LogP contribution in [0.2, 0.25) is 0 Å². The Balaban J connectivity index is 4.67. The molecule has 3 heteroatoms. The molecule has 0 N–H and O–H groups in total. The molecule has 0 aromatic heterocycles. The quantitative estimate of drug-likeness (QED) is 0.484. The van der Waals surface area contributed by atoms with Gasteiger partial charge in [0.15, 0.2) is 5.78 Å². The molecule has 1 unspecified atom stereocenters. The molecule has 100 valence electrons. The van der Waals surface area contributed by atoms with Crippen LogP contribution in [0, 0.1) is 11.3 Å². The zero-order valence-corrected chi connectivity index (χ0v) is 11.8. The Morgan fingerprint density at radius 3 is 2.18 bits per heavy atom. The van der Waals surface area contributed by atoms with Gasteiger partial charge in [0.05, 0.1) is 6.61 Å². The van der Waals surface area contributed by atoms with Crippen LogP contribution in [0.4, 0.5) is 0 Å². The molecule has 0 fully saturated rings. The number of ether oxygens (including phenoxy) is 1. The van der Waals surface area contributed by atoms with Gasteiger partial charge in [-0.3, -0.25) is 9.59 Å². The summed E-state index contributed by atoms with van der Waals surface area (Å²) in [5, 5.41) is 0. The zero-order valence-electron chi connectivity index (χ0n) is 11.8. The van der Waals surface area contributed by atoms with E-state index in [4.69, 9.17) is 4.74 Å². The third-order valence-corrected chi connectivity index (χ3v) is 3.17. The molecule has 0 amide bonds. The maximum absolute atomic E-state index is 12.3. The normalized spacial score (nSPS) is 13.2. The molecule has 0 rings (SSSR count). The van der Waals surface area contributed by atoms with E-state index < -0.39 is 11.4 Å². The van der Waals surface area contributed by atoms with E-state index in [1.54, 1.807) is 20.8 Å². The fourth-order valence-corrected chi connectivity index (χ4v) is 1.89. The molecule has 0 radical (unpaired) electrons. The highest BCUT2D eigenvalue weighted by molar-refractivity contribution is 6.03. The standard InChI is InChI=1S/C14H26O3/c1-6-9-10-11(7-2)12(15)14(4,5)13(16)17-8-3/h11H,6-10H2,1-5H3. The molecule has 0 heterocycles. The first-order valence-corrected chi connectivity index (χ1v) is 6.63. The van der Waals surface area contributed by atoms with Crippen molar-refractivity contribution in [2.24, 2.45) is 11.3 Å². The molecular formula is C14H26O3. The van der Waals surface area contributed by atoms with Crippen molar-refractivity contribution < 1.29 is 14.3 Å². The third-order valence-electron chi connectivity index (χ3n) is 3.17. The third kappa shape index (κ3) is 4.49. The maximum Gasteiger partial charge on any atom is 0.319 e. The minimum absolute atomic E-state index is 0.0191. The van der Waals surface area contributed by atoms with Crippen molar-refractivity contribution in [3.63, 3.8) is 0 Å². The van der Waals surface area contributed by atoms with Gasteiger partial charge < -0.3 is 4.74 Å². The fourth-order valence-electron chi connectivity index (χ4n) is 1.89. The zero-order chi connectivity index (χ0) is 13.5. The van der Waals surface area contributed by atoms with E-state index in [1.165, 1.54) is 0 Å². The molecule has 17 heavy (non-hydrogen) atoms. The molecule has 1 atom stereocenters. The van der Waals surface area contributed by atoms with E-state index in [1.807, 2.05) is 6.92 Å². The monoisotopic (exact) mass is 242 g/mol. The van der Waals surface area contributed by atoms with Crippen molar-refractivity contribution in [3.05, 3.63) is 0 Å². The molecule has 3 nitrogen and oxygen atoms in total. The largest absolute Gasteiger partial charge is 0.465 e. The van der Waals surface area contributed by atoms with E-state index in [0.717, 1.165) is 25.7 Å². The summed E-state index contributed by atoms with van der Waals surface area (Å²) < 4.78 is 4.97. The lowest BCUT2D eigenvalue weighted by Crippen LogP contribution is -2.39. The van der Waals surface area contributed by atoms with Gasteiger partial charge in [0.25, 0.3) is 0 Å². The van der Waals surface area contributed by atoms with Gasteiger partial charge in [0, 0.05) is 5.92 Å². The molecule has 0 bridgehead atoms. The minimum atomic E-state index is -1.01. The number of esters is 1. The van der Waals surface area contributed by atoms with E-state index in [2.05, 4.69) is 6.92 Å². The van der Waals surface area contributed by atoms with Gasteiger partial charge in [-0.25, -0.2) is 0 Å². The van der Waals surface area contributed by atoms with E-state index in [-0.39, 0.29) is 11.7 Å². The summed E-state index contributed by atoms with van der Waals surface area (Å²) in [6.07, 6.45) is 3.77. The lowest BCUT2D eigenvalue weighted by molar-refractivity contribution is -0.159. The second kappa shape index (κ2) is 7.46. The lowest BCUT2D eigenvalue weighted by atomic mass is 9.78. The Morgan fingerprint density at radius 1 is 1.18 bits per heavy atom. The van der Waals surface area contributed by atoms with Crippen molar-refractivity contribution in [2.75, 3.05) is 6.61 Å². The van der Waals surface area contributed by atoms with Crippen LogP contribution in [0.1, 0.15) is 60.3 Å². The van der Waals surface area contributed by atoms with Gasteiger partial charge in [-0.15, -0.1) is 0 Å². The Morgan fingerprint density at radius 2 is 1.76 bits per heavy atom. The second-order valence-corrected chi connectivity index (χ2v) is 4.96. The average molecular weight is 242 g/mol. The predicted molar refractivity (Wildman–Crippen MR) is 68.7 cm³/mol. The smallest absolute Gasteiger partial charge is 0.319 e. The van der Waals surface area contributed by atoms with E-state index in [9.17, 15) is 9.59 Å². The number of ketones is 1. The minimum Gasteiger partial charge on any atom is -0.465 e. The molecular weight excluding hydrogens is 216 g/mol. The summed E-state index contributed by atoms with van der Waals surface area (Å²) in [6.45, 7) is 9.52. The van der Waals surface area contributed by atoms with Crippen LogP contribution in [0.5, 0.6) is 0 Å². The van der Waals surface area contributed by atoms with Gasteiger partial charge in [-0.1, -0.05) is 26.7 Å². The number of carbonyl (C=O) groups excluding carboxylic acids is 2. The van der Waals surface area contributed by atoms with Crippen LogP contribution in [0.3, 0.4) is 0 Å². The number of Topliss-reactive ketones (excluding diaryl/α,β-unsaturated/α-hetero) is 1. The van der Waals surface area contributed by atoms with Crippen LogP contribution in [0.25, 0.3) is 0 Å². The van der Waals surface area contributed by atoms with Crippen LogP contribution in [-0.4, -0.2) is 18.4 Å². The van der Waals surface area contributed by atoms with Crippen molar-refractivity contribution in [1.82, 2.24) is 0 Å². The molecule has 0 aromatic carbocycles. The topological polar surface area (TPSA) is 43.4 Å². The van der Waals surface area contributed by atoms with Gasteiger partial charge in [-0.05, 0) is 33.6 Å². The van der Waals surface area contributed by atoms with Gasteiger partial charge in [0.1, 0.15) is 5.41 Å². The Bertz CT molecular complexity index is 256. The highest BCUT2D eigenvalue weighted by atomic mass is 16.5. The highest BCUT2D eigenvalue weighted by Crippen LogP contribution is 2.27. The average Bonchev–Trinajstić information content (AvgIpc) is 2.30. The van der Waals surface area contributed by atoms with Crippen molar-refractivity contribution >= 4 is 11.8 Å². The number of rotatable bonds is 8. The first-order chi connectivity index (χ1) is 7.91. The van der Waals surface area contributed by atoms with Gasteiger partial charge in [-0.2, -0.15) is 0 Å². The number of hydrogen-bond donors (Lipinski definition) is 0. The molecule has 0 aliphatic rings. The summed E-state index contributed by atoms with van der Waals surface area (Å²) >= 11 is 0. The molecule has 0 saturated carbocycles. The molecule has 0 saturated heterocycles. The first kappa shape index (κ1) is 16.1. The van der Waals surface area contributed by atoms with E-state index >= 15 is 0 Å². The number of carbonyl (C=O) groups is 2. The van der Waals surface area contributed by atoms with E-state index in [0.29, 0.717) is 6.61 Å². The van der Waals surface area contributed by atoms with Crippen molar-refractivity contribution in [3.8, 4) is 0 Å². The van der Waals surface area contributed by atoms with Gasteiger partial charge >= 0.3 is 5.97 Å². The molecule has 0 aliphatic heterocycles. The predicted octanol–water partition coefficient (Wildman–Crippen LogP) is 3.36. The lowest BCUT2D eigenvalue weighted by Gasteiger charge is -2.25. The summed E-state index contributed by atoms with van der Waals surface area (Å²) in [4.78, 5) is 24.1. The SMILES string of the molecule is CCCCC(CC)C(=O)C(C)(C)C(=O)OCC. The van der Waals surface area contributed by atoms with Gasteiger partial charge in [0.2, 0.25) is 0 Å². The summed E-state index contributed by atoms with van der Waals surface area (Å²) in [5.41, 5.74) is -1.01. The molecule has 0 spiro atoms. The number of unbranched alkanes of at least 4 members (excludes halogenated alkanes) is 1.